The van der Waals surface area contributed by atoms with Crippen LogP contribution in [0, 0.1) is 11.3 Å². The standard InChI is InChI=1S/C11H9ClN4S/c1-2-7-6-17-10(15-7)8(5-13)9-3-4-14-11(12)16-9/h3-4,6,8H,2H2,1H3. The highest BCUT2D eigenvalue weighted by Crippen LogP contribution is 2.26. The number of aromatic nitrogens is 3. The van der Waals surface area contributed by atoms with Gasteiger partial charge in [0.2, 0.25) is 5.28 Å². The third-order valence-electron chi connectivity index (χ3n) is 2.25. The van der Waals surface area contributed by atoms with E-state index in [1.807, 2.05) is 12.3 Å². The Labute approximate surface area is 108 Å². The predicted molar refractivity (Wildman–Crippen MR) is 66.0 cm³/mol. The molecule has 17 heavy (non-hydrogen) atoms. The molecule has 2 heterocycles. The molecule has 2 aromatic rings. The summed E-state index contributed by atoms with van der Waals surface area (Å²) < 4.78 is 0. The van der Waals surface area contributed by atoms with Crippen LogP contribution in [0.3, 0.4) is 0 Å². The molecule has 2 aromatic heterocycles. The second-order valence-electron chi connectivity index (χ2n) is 3.34. The van der Waals surface area contributed by atoms with Crippen LogP contribution >= 0.6 is 22.9 Å². The molecule has 0 aliphatic heterocycles. The van der Waals surface area contributed by atoms with E-state index in [1.165, 1.54) is 11.3 Å². The van der Waals surface area contributed by atoms with Gasteiger partial charge in [-0.1, -0.05) is 6.92 Å². The summed E-state index contributed by atoms with van der Waals surface area (Å²) >= 11 is 7.19. The molecule has 86 valence electrons. The molecule has 0 saturated heterocycles. The molecular formula is C11H9ClN4S. The van der Waals surface area contributed by atoms with E-state index in [9.17, 15) is 5.26 Å². The molecule has 0 fully saturated rings. The lowest BCUT2D eigenvalue weighted by Crippen LogP contribution is -2.01. The highest BCUT2D eigenvalue weighted by molar-refractivity contribution is 7.09. The van der Waals surface area contributed by atoms with E-state index in [0.717, 1.165) is 17.1 Å². The van der Waals surface area contributed by atoms with E-state index in [-0.39, 0.29) is 5.28 Å². The average molecular weight is 265 g/mol. The Balaban J connectivity index is 2.37. The first-order valence-electron chi connectivity index (χ1n) is 5.07. The molecule has 0 aromatic carbocycles. The van der Waals surface area contributed by atoms with Gasteiger partial charge in [0.05, 0.1) is 17.5 Å². The van der Waals surface area contributed by atoms with Gasteiger partial charge in [0.1, 0.15) is 10.9 Å². The molecule has 1 atom stereocenters. The first-order valence-corrected chi connectivity index (χ1v) is 6.32. The normalized spacial score (nSPS) is 12.1. The highest BCUT2D eigenvalue weighted by atomic mass is 35.5. The topological polar surface area (TPSA) is 62.5 Å². The Kier molecular flexibility index (Phi) is 3.67. The van der Waals surface area contributed by atoms with Crippen LogP contribution in [0.4, 0.5) is 0 Å². The Morgan fingerprint density at radius 1 is 1.53 bits per heavy atom. The maximum Gasteiger partial charge on any atom is 0.222 e. The molecular weight excluding hydrogens is 256 g/mol. The van der Waals surface area contributed by atoms with Gasteiger partial charge in [-0.25, -0.2) is 15.0 Å². The van der Waals surface area contributed by atoms with Gasteiger partial charge in [0.15, 0.2) is 0 Å². The minimum Gasteiger partial charge on any atom is -0.244 e. The molecule has 0 amide bonds. The largest absolute Gasteiger partial charge is 0.244 e. The van der Waals surface area contributed by atoms with E-state index in [0.29, 0.717) is 5.69 Å². The predicted octanol–water partition coefficient (Wildman–Crippen LogP) is 2.80. The maximum atomic E-state index is 9.22. The fourth-order valence-corrected chi connectivity index (χ4v) is 2.48. The minimum atomic E-state index is -0.471. The smallest absolute Gasteiger partial charge is 0.222 e. The molecule has 0 saturated carbocycles. The SMILES string of the molecule is CCc1csc(C(C#N)c2ccnc(Cl)n2)n1. The zero-order valence-corrected chi connectivity index (χ0v) is 10.7. The van der Waals surface area contributed by atoms with Gasteiger partial charge in [0, 0.05) is 11.6 Å². The average Bonchev–Trinajstić information content (AvgIpc) is 2.79. The van der Waals surface area contributed by atoms with Crippen LogP contribution < -0.4 is 0 Å². The minimum absolute atomic E-state index is 0.148. The van der Waals surface area contributed by atoms with Crippen molar-refractivity contribution in [2.45, 2.75) is 19.3 Å². The van der Waals surface area contributed by atoms with E-state index in [4.69, 9.17) is 11.6 Å². The van der Waals surface area contributed by atoms with E-state index in [2.05, 4.69) is 21.0 Å². The second-order valence-corrected chi connectivity index (χ2v) is 4.57. The lowest BCUT2D eigenvalue weighted by molar-refractivity contribution is 0.912. The van der Waals surface area contributed by atoms with E-state index >= 15 is 0 Å². The summed E-state index contributed by atoms with van der Waals surface area (Å²) in [6, 6.07) is 3.89. The number of rotatable bonds is 3. The lowest BCUT2D eigenvalue weighted by Gasteiger charge is -2.04. The lowest BCUT2D eigenvalue weighted by atomic mass is 10.1. The number of thiazole rings is 1. The molecule has 0 aliphatic carbocycles. The number of hydrogen-bond donors (Lipinski definition) is 0. The second kappa shape index (κ2) is 5.21. The van der Waals surface area contributed by atoms with Gasteiger partial charge in [-0.05, 0) is 24.1 Å². The molecule has 0 aliphatic rings. The van der Waals surface area contributed by atoms with E-state index < -0.39 is 5.92 Å². The van der Waals surface area contributed by atoms with Crippen molar-refractivity contribution in [3.8, 4) is 6.07 Å². The van der Waals surface area contributed by atoms with Gasteiger partial charge in [-0.3, -0.25) is 0 Å². The summed E-state index contributed by atoms with van der Waals surface area (Å²) in [7, 11) is 0. The molecule has 6 heteroatoms. The number of aryl methyl sites for hydroxylation is 1. The van der Waals surface area contributed by atoms with Crippen LogP contribution in [0.2, 0.25) is 5.28 Å². The van der Waals surface area contributed by atoms with Crippen molar-refractivity contribution in [1.29, 1.82) is 5.26 Å². The van der Waals surface area contributed by atoms with Crippen molar-refractivity contribution < 1.29 is 0 Å². The van der Waals surface area contributed by atoms with Crippen LogP contribution in [0.15, 0.2) is 17.6 Å². The number of nitriles is 1. The quantitative estimate of drug-likeness (QED) is 0.800. The number of hydrogen-bond acceptors (Lipinski definition) is 5. The summed E-state index contributed by atoms with van der Waals surface area (Å²) in [4.78, 5) is 12.3. The fourth-order valence-electron chi connectivity index (χ4n) is 1.37. The third-order valence-corrected chi connectivity index (χ3v) is 3.39. The number of halogens is 1. The Hall–Kier alpha value is -1.51. The Bertz CT molecular complexity index is 561. The van der Waals surface area contributed by atoms with Gasteiger partial charge >= 0.3 is 0 Å². The monoisotopic (exact) mass is 264 g/mol. The summed E-state index contributed by atoms with van der Waals surface area (Å²) in [5.41, 5.74) is 1.58. The maximum absolute atomic E-state index is 9.22. The van der Waals surface area contributed by atoms with Gasteiger partial charge in [0.25, 0.3) is 0 Å². The van der Waals surface area contributed by atoms with Crippen molar-refractivity contribution in [3.63, 3.8) is 0 Å². The zero-order chi connectivity index (χ0) is 12.3. The van der Waals surface area contributed by atoms with Gasteiger partial charge in [-0.15, -0.1) is 11.3 Å². The summed E-state index contributed by atoms with van der Waals surface area (Å²) in [6.07, 6.45) is 2.41. The molecule has 2 rings (SSSR count). The molecule has 0 radical (unpaired) electrons. The Morgan fingerprint density at radius 3 is 2.94 bits per heavy atom. The van der Waals surface area contributed by atoms with Crippen LogP contribution in [-0.2, 0) is 6.42 Å². The highest BCUT2D eigenvalue weighted by Gasteiger charge is 2.19. The van der Waals surface area contributed by atoms with Gasteiger partial charge < -0.3 is 0 Å². The Morgan fingerprint density at radius 2 is 2.35 bits per heavy atom. The van der Waals surface area contributed by atoms with Crippen LogP contribution in [-0.4, -0.2) is 15.0 Å². The van der Waals surface area contributed by atoms with Crippen molar-refractivity contribution in [3.05, 3.63) is 39.3 Å². The van der Waals surface area contributed by atoms with Gasteiger partial charge in [-0.2, -0.15) is 5.26 Å². The third kappa shape index (κ3) is 2.60. The molecule has 0 N–H and O–H groups in total. The van der Waals surface area contributed by atoms with Crippen LogP contribution in [0.1, 0.15) is 29.2 Å². The number of nitrogens with zero attached hydrogens (tertiary/aromatic N) is 4. The van der Waals surface area contributed by atoms with Crippen molar-refractivity contribution in [2.75, 3.05) is 0 Å². The van der Waals surface area contributed by atoms with Crippen LogP contribution in [0.5, 0.6) is 0 Å². The molecule has 0 spiro atoms. The van der Waals surface area contributed by atoms with Crippen molar-refractivity contribution >= 4 is 22.9 Å². The summed E-state index contributed by atoms with van der Waals surface area (Å²) in [6.45, 7) is 2.03. The molecule has 1 unspecified atom stereocenters. The first-order chi connectivity index (χ1) is 8.24. The zero-order valence-electron chi connectivity index (χ0n) is 9.09. The first kappa shape index (κ1) is 12.0. The summed E-state index contributed by atoms with van der Waals surface area (Å²) in [5.74, 6) is -0.471. The molecule has 0 bridgehead atoms. The van der Waals surface area contributed by atoms with E-state index in [1.54, 1.807) is 12.3 Å². The molecule has 4 nitrogen and oxygen atoms in total. The van der Waals surface area contributed by atoms with Crippen molar-refractivity contribution in [2.24, 2.45) is 0 Å². The van der Waals surface area contributed by atoms with Crippen molar-refractivity contribution in [1.82, 2.24) is 15.0 Å². The van der Waals surface area contributed by atoms with Crippen LogP contribution in [0.25, 0.3) is 0 Å². The summed E-state index contributed by atoms with van der Waals surface area (Å²) in [5, 5.41) is 12.1. The fraction of sp³-hybridized carbons (Fsp3) is 0.273.